The first kappa shape index (κ1) is 30.4. The van der Waals surface area contributed by atoms with E-state index >= 15 is 0 Å². The number of fused-ring (bicyclic) bond motifs is 1. The van der Waals surface area contributed by atoms with Gasteiger partial charge in [0.25, 0.3) is 11.5 Å². The van der Waals surface area contributed by atoms with Crippen LogP contribution in [0.3, 0.4) is 0 Å². The van der Waals surface area contributed by atoms with E-state index in [1.807, 2.05) is 0 Å². The van der Waals surface area contributed by atoms with Crippen molar-refractivity contribution in [3.05, 3.63) is 52.1 Å². The molecule has 0 aliphatic heterocycles. The zero-order chi connectivity index (χ0) is 29.2. The molecule has 3 aromatic rings. The van der Waals surface area contributed by atoms with Crippen LogP contribution in [0.2, 0.25) is 0 Å². The minimum absolute atomic E-state index is 0.0388. The molecule has 0 fully saturated rings. The van der Waals surface area contributed by atoms with Gasteiger partial charge in [-0.2, -0.15) is 4.98 Å². The van der Waals surface area contributed by atoms with Crippen molar-refractivity contribution in [2.75, 3.05) is 24.2 Å². The molecule has 3 rings (SSSR count). The number of aromatic amines is 1. The van der Waals surface area contributed by atoms with E-state index in [1.165, 1.54) is 6.20 Å². The number of H-pyrrole nitrogens is 1. The Bertz CT molecular complexity index is 1350. The largest absolute Gasteiger partial charge is 0.394 e. The van der Waals surface area contributed by atoms with Crippen LogP contribution in [0, 0.1) is 0 Å². The maximum atomic E-state index is 12.4. The summed E-state index contributed by atoms with van der Waals surface area (Å²) in [6.07, 6.45) is -2.39. The second-order valence-electron chi connectivity index (χ2n) is 9.09. The van der Waals surface area contributed by atoms with Crippen molar-refractivity contribution in [1.82, 2.24) is 30.6 Å². The van der Waals surface area contributed by atoms with Crippen LogP contribution in [0.4, 0.5) is 11.6 Å². The van der Waals surface area contributed by atoms with Gasteiger partial charge in [-0.1, -0.05) is 6.92 Å². The number of aromatic nitrogens is 4. The Morgan fingerprint density at radius 1 is 1.10 bits per heavy atom. The highest BCUT2D eigenvalue weighted by molar-refractivity contribution is 5.94. The first-order valence-electron chi connectivity index (χ1n) is 12.7. The number of aliphatic hydroxyl groups excluding tert-OH is 4. The Morgan fingerprint density at radius 3 is 2.50 bits per heavy atom. The van der Waals surface area contributed by atoms with Crippen LogP contribution in [0.15, 0.2) is 35.3 Å². The number of rotatable bonds is 14. The molecule has 2 heterocycles. The second kappa shape index (κ2) is 14.3. The third kappa shape index (κ3) is 8.16. The molecule has 0 aliphatic carbocycles. The lowest BCUT2D eigenvalue weighted by Gasteiger charge is -2.28. The van der Waals surface area contributed by atoms with E-state index in [2.05, 4.69) is 35.9 Å². The lowest BCUT2D eigenvalue weighted by Crippen LogP contribution is -2.52. The zero-order valence-electron chi connectivity index (χ0n) is 21.9. The van der Waals surface area contributed by atoms with Gasteiger partial charge in [0.05, 0.1) is 31.1 Å². The summed E-state index contributed by atoms with van der Waals surface area (Å²) in [4.78, 5) is 51.3. The molecule has 10 N–H and O–H groups in total. The van der Waals surface area contributed by atoms with Gasteiger partial charge in [-0.05, 0) is 37.1 Å². The van der Waals surface area contributed by atoms with Gasteiger partial charge < -0.3 is 42.1 Å². The molecule has 0 saturated heterocycles. The van der Waals surface area contributed by atoms with Crippen molar-refractivity contribution < 1.29 is 30.0 Å². The highest BCUT2D eigenvalue weighted by atomic mass is 16.4. The maximum Gasteiger partial charge on any atom is 0.280 e. The fourth-order valence-corrected chi connectivity index (χ4v) is 3.82. The highest BCUT2D eigenvalue weighted by Crippen LogP contribution is 2.12. The smallest absolute Gasteiger partial charge is 0.280 e. The number of anilines is 2. The van der Waals surface area contributed by atoms with Gasteiger partial charge in [0.15, 0.2) is 11.2 Å². The second-order valence-corrected chi connectivity index (χ2v) is 9.09. The molecule has 15 nitrogen and oxygen atoms in total. The Kier molecular flexibility index (Phi) is 10.8. The number of benzene rings is 1. The Morgan fingerprint density at radius 2 is 1.82 bits per heavy atom. The molecular weight excluding hydrogens is 524 g/mol. The van der Waals surface area contributed by atoms with Crippen LogP contribution in [0.5, 0.6) is 0 Å². The van der Waals surface area contributed by atoms with Crippen molar-refractivity contribution in [2.24, 2.45) is 0 Å². The molecule has 40 heavy (non-hydrogen) atoms. The van der Waals surface area contributed by atoms with E-state index in [1.54, 1.807) is 31.2 Å². The SMILES string of the molecule is CC[C@@H](NC(=O)CCCNC(=O)c1ccc(NCc2cnc3nc(N)[nH]c(=O)c3n2)cc1)[C@@H](O)[C@H](O)[C@H](O)CO. The number of amides is 2. The fourth-order valence-electron chi connectivity index (χ4n) is 3.82. The molecular formula is C25H34N8O7. The lowest BCUT2D eigenvalue weighted by molar-refractivity contribution is -0.125. The van der Waals surface area contributed by atoms with Crippen molar-refractivity contribution in [2.45, 2.75) is 57.1 Å². The van der Waals surface area contributed by atoms with E-state index in [4.69, 9.17) is 10.8 Å². The van der Waals surface area contributed by atoms with Crippen LogP contribution in [0.25, 0.3) is 11.2 Å². The van der Waals surface area contributed by atoms with Crippen LogP contribution < -0.4 is 27.2 Å². The van der Waals surface area contributed by atoms with E-state index < -0.39 is 36.5 Å². The third-order valence-electron chi connectivity index (χ3n) is 6.10. The molecule has 4 atom stereocenters. The number of nitrogens with one attached hydrogen (secondary N) is 4. The van der Waals surface area contributed by atoms with Gasteiger partial charge in [-0.3, -0.25) is 19.4 Å². The topological polar surface area (TPSA) is 249 Å². The normalized spacial score (nSPS) is 14.2. The van der Waals surface area contributed by atoms with Crippen molar-refractivity contribution >= 4 is 34.6 Å². The van der Waals surface area contributed by atoms with Gasteiger partial charge >= 0.3 is 0 Å². The highest BCUT2D eigenvalue weighted by Gasteiger charge is 2.30. The molecule has 0 bridgehead atoms. The quantitative estimate of drug-likeness (QED) is 0.101. The van der Waals surface area contributed by atoms with Crippen LogP contribution in [-0.2, 0) is 11.3 Å². The maximum absolute atomic E-state index is 12.4. The summed E-state index contributed by atoms with van der Waals surface area (Å²) >= 11 is 0. The molecule has 1 aromatic carbocycles. The first-order chi connectivity index (χ1) is 19.1. The Balaban J connectivity index is 1.42. The summed E-state index contributed by atoms with van der Waals surface area (Å²) in [5.41, 5.74) is 6.90. The number of nitrogens with two attached hydrogens (primary N) is 1. The number of carbonyl (C=O) groups is 2. The monoisotopic (exact) mass is 558 g/mol. The molecule has 2 aromatic heterocycles. The number of aliphatic hydroxyl groups is 4. The lowest BCUT2D eigenvalue weighted by atomic mass is 9.99. The van der Waals surface area contributed by atoms with Crippen LogP contribution >= 0.6 is 0 Å². The molecule has 0 saturated carbocycles. The first-order valence-corrected chi connectivity index (χ1v) is 12.7. The number of nitrogen functional groups attached to an aromatic ring is 1. The average Bonchev–Trinajstić information content (AvgIpc) is 2.96. The van der Waals surface area contributed by atoms with Crippen LogP contribution in [0.1, 0.15) is 42.2 Å². The summed E-state index contributed by atoms with van der Waals surface area (Å²) in [7, 11) is 0. The minimum atomic E-state index is -1.60. The standard InChI is InChI=1S/C25H34N8O7/c1-2-16(20(37)21(38)17(35)12-34)31-18(36)4-3-9-27-23(39)13-5-7-14(8-6-13)28-10-15-11-29-22-19(30-15)24(40)33-25(26)32-22/h5-8,11,16-17,20-21,28,34-35,37-38H,2-4,9-10,12H2,1H3,(H,27,39)(H,31,36)(H3,26,29,32,33,40)/t16-,17-,20-,21-/m1/s1. The van der Waals surface area contributed by atoms with E-state index in [0.29, 0.717) is 29.8 Å². The summed E-state index contributed by atoms with van der Waals surface area (Å²) in [6, 6.07) is 5.88. The number of hydrogen-bond donors (Lipinski definition) is 9. The summed E-state index contributed by atoms with van der Waals surface area (Å²) in [6.45, 7) is 1.48. The molecule has 2 amide bonds. The Hall–Kier alpha value is -4.18. The van der Waals surface area contributed by atoms with Gasteiger partial charge in [0.1, 0.15) is 18.3 Å². The molecule has 216 valence electrons. The van der Waals surface area contributed by atoms with E-state index in [0.717, 1.165) is 0 Å². The molecule has 15 heteroatoms. The van der Waals surface area contributed by atoms with Gasteiger partial charge in [-0.25, -0.2) is 9.97 Å². The predicted molar refractivity (Wildman–Crippen MR) is 145 cm³/mol. The summed E-state index contributed by atoms with van der Waals surface area (Å²) < 4.78 is 0. The number of nitrogens with zero attached hydrogens (tertiary/aromatic N) is 3. The van der Waals surface area contributed by atoms with Crippen molar-refractivity contribution in [3.8, 4) is 0 Å². The summed E-state index contributed by atoms with van der Waals surface area (Å²) in [5.74, 6) is -0.744. The fraction of sp³-hybridized carbons (Fsp3) is 0.440. The molecule has 0 aliphatic rings. The van der Waals surface area contributed by atoms with Gasteiger partial charge in [0, 0.05) is 24.2 Å². The summed E-state index contributed by atoms with van der Waals surface area (Å²) in [5, 5.41) is 46.9. The predicted octanol–water partition coefficient (Wildman–Crippen LogP) is -1.61. The van der Waals surface area contributed by atoms with E-state index in [-0.39, 0.29) is 48.4 Å². The molecule has 0 unspecified atom stereocenters. The van der Waals surface area contributed by atoms with Gasteiger partial charge in [0.2, 0.25) is 11.9 Å². The average molecular weight is 559 g/mol. The van der Waals surface area contributed by atoms with E-state index in [9.17, 15) is 29.7 Å². The van der Waals surface area contributed by atoms with Gasteiger partial charge in [-0.15, -0.1) is 0 Å². The third-order valence-corrected chi connectivity index (χ3v) is 6.10. The number of hydrogen-bond acceptors (Lipinski definition) is 12. The minimum Gasteiger partial charge on any atom is -0.394 e. The molecule has 0 spiro atoms. The van der Waals surface area contributed by atoms with Crippen molar-refractivity contribution in [3.63, 3.8) is 0 Å². The van der Waals surface area contributed by atoms with Crippen LogP contribution in [-0.4, -0.2) is 89.7 Å². The Labute approximate surface area is 228 Å². The molecule has 0 radical (unpaired) electrons. The van der Waals surface area contributed by atoms with Crippen molar-refractivity contribution in [1.29, 1.82) is 0 Å². The number of carbonyl (C=O) groups excluding carboxylic acids is 2. The zero-order valence-corrected chi connectivity index (χ0v) is 21.9.